The van der Waals surface area contributed by atoms with Gasteiger partial charge in [0.05, 0.1) is 28.2 Å². The summed E-state index contributed by atoms with van der Waals surface area (Å²) >= 11 is 0. The van der Waals surface area contributed by atoms with Crippen LogP contribution in [0.5, 0.6) is 0 Å². The summed E-state index contributed by atoms with van der Waals surface area (Å²) in [5, 5.41) is 4.83. The molecular weight excluding hydrogens is 703 g/mol. The first-order valence-electron chi connectivity index (χ1n) is 19.8. The minimum Gasteiger partial charge on any atom is -0.354 e. The molecule has 1 N–H and O–H groups in total. The van der Waals surface area contributed by atoms with Crippen LogP contribution in [0.15, 0.2) is 223 Å². The van der Waals surface area contributed by atoms with E-state index in [1.807, 2.05) is 0 Å². The minimum atomic E-state index is -0.738. The highest BCUT2D eigenvalue weighted by Gasteiger charge is 2.49. The maximum absolute atomic E-state index is 5.52. The zero-order valence-corrected chi connectivity index (χ0v) is 31.7. The number of anilines is 3. The molecule has 0 amide bonds. The number of para-hydroxylation sites is 2. The van der Waals surface area contributed by atoms with Gasteiger partial charge in [0.1, 0.15) is 0 Å². The first-order chi connectivity index (χ1) is 28.8. The van der Waals surface area contributed by atoms with Crippen LogP contribution < -0.4 is 4.90 Å². The highest BCUT2D eigenvalue weighted by atomic mass is 15.1. The number of H-pyrrole nitrogens is 1. The Hall–Kier alpha value is -7.67. The highest BCUT2D eigenvalue weighted by Crippen LogP contribution is 2.54. The first-order valence-corrected chi connectivity index (χ1v) is 19.8. The summed E-state index contributed by atoms with van der Waals surface area (Å²) in [4.78, 5) is 11.7. The Balaban J connectivity index is 1.03. The van der Waals surface area contributed by atoms with Gasteiger partial charge in [-0.25, -0.2) is 0 Å². The molecule has 0 fully saturated rings. The van der Waals surface area contributed by atoms with Gasteiger partial charge in [-0.1, -0.05) is 170 Å². The fourth-order valence-corrected chi connectivity index (χ4v) is 9.10. The van der Waals surface area contributed by atoms with Gasteiger partial charge in [-0.15, -0.1) is 0 Å². The van der Waals surface area contributed by atoms with Gasteiger partial charge in [0, 0.05) is 38.9 Å². The molecule has 2 unspecified atom stereocenters. The van der Waals surface area contributed by atoms with E-state index in [-0.39, 0.29) is 5.92 Å². The van der Waals surface area contributed by atoms with Crippen molar-refractivity contribution in [1.29, 1.82) is 0 Å². The van der Waals surface area contributed by atoms with E-state index in [4.69, 9.17) is 4.99 Å². The molecule has 0 saturated carbocycles. The topological polar surface area (TPSA) is 31.4 Å². The number of aliphatic imine (C=N–C) groups is 1. The number of allylic oxidation sites excluding steroid dienone is 4. The summed E-state index contributed by atoms with van der Waals surface area (Å²) in [6.45, 7) is 0. The van der Waals surface area contributed by atoms with Gasteiger partial charge < -0.3 is 9.88 Å². The number of benzene rings is 8. The van der Waals surface area contributed by atoms with Crippen LogP contribution in [-0.2, 0) is 5.41 Å². The van der Waals surface area contributed by atoms with Crippen molar-refractivity contribution in [2.24, 2.45) is 4.99 Å². The van der Waals surface area contributed by atoms with Crippen LogP contribution in [0.2, 0.25) is 0 Å². The largest absolute Gasteiger partial charge is 0.354 e. The van der Waals surface area contributed by atoms with Crippen LogP contribution in [0.4, 0.5) is 22.7 Å². The van der Waals surface area contributed by atoms with Crippen LogP contribution in [0, 0.1) is 11.8 Å². The molecule has 1 aliphatic carbocycles. The molecule has 1 aliphatic heterocycles. The smallest absolute Gasteiger partial charge is 0.0927 e. The van der Waals surface area contributed by atoms with Crippen molar-refractivity contribution in [3.8, 4) is 11.8 Å². The average Bonchev–Trinajstić information content (AvgIpc) is 3.74. The molecule has 3 nitrogen and oxygen atoms in total. The number of nitrogens with one attached hydrogen (secondary N) is 1. The summed E-state index contributed by atoms with van der Waals surface area (Å²) in [7, 11) is 0. The summed E-state index contributed by atoms with van der Waals surface area (Å²) in [6.07, 6.45) is 6.69. The van der Waals surface area contributed by atoms with E-state index in [1.165, 1.54) is 21.5 Å². The van der Waals surface area contributed by atoms with Gasteiger partial charge in [-0.3, -0.25) is 4.99 Å². The number of hydrogen-bond acceptors (Lipinski definition) is 2. The molecule has 9 aromatic rings. The molecule has 2 atom stereocenters. The number of aromatic amines is 1. The third kappa shape index (κ3) is 5.42. The van der Waals surface area contributed by atoms with E-state index in [0.717, 1.165) is 67.3 Å². The molecule has 11 rings (SSSR count). The van der Waals surface area contributed by atoms with E-state index < -0.39 is 5.41 Å². The minimum absolute atomic E-state index is 0.108. The number of rotatable bonds is 7. The third-order valence-corrected chi connectivity index (χ3v) is 11.8. The summed E-state index contributed by atoms with van der Waals surface area (Å²) in [6, 6.07) is 69.1. The van der Waals surface area contributed by atoms with Gasteiger partial charge in [0.2, 0.25) is 0 Å². The summed E-state index contributed by atoms with van der Waals surface area (Å²) in [5.41, 5.74) is 12.4. The molecule has 2 heterocycles. The second kappa shape index (κ2) is 13.8. The third-order valence-electron chi connectivity index (χ3n) is 11.8. The maximum Gasteiger partial charge on any atom is 0.0927 e. The van der Waals surface area contributed by atoms with Crippen LogP contribution in [0.1, 0.15) is 28.2 Å². The van der Waals surface area contributed by atoms with Crippen LogP contribution in [0.3, 0.4) is 0 Å². The molecule has 58 heavy (non-hydrogen) atoms. The van der Waals surface area contributed by atoms with Gasteiger partial charge in [0.25, 0.3) is 0 Å². The van der Waals surface area contributed by atoms with Gasteiger partial charge in [-0.05, 0) is 87.6 Å². The molecule has 0 saturated heterocycles. The second-order valence-corrected chi connectivity index (χ2v) is 15.0. The van der Waals surface area contributed by atoms with Crippen molar-refractivity contribution in [1.82, 2.24) is 4.98 Å². The number of fused-ring (bicyclic) bond motifs is 6. The van der Waals surface area contributed by atoms with Crippen molar-refractivity contribution in [3.63, 3.8) is 0 Å². The quantitative estimate of drug-likeness (QED) is 0.162. The number of nitrogens with zero attached hydrogens (tertiary/aromatic N) is 2. The van der Waals surface area contributed by atoms with Crippen molar-refractivity contribution < 1.29 is 0 Å². The van der Waals surface area contributed by atoms with Crippen molar-refractivity contribution >= 4 is 61.0 Å². The first kappa shape index (κ1) is 33.6. The Labute approximate surface area is 338 Å². The zero-order valence-electron chi connectivity index (χ0n) is 31.7. The lowest BCUT2D eigenvalue weighted by Gasteiger charge is -2.35. The van der Waals surface area contributed by atoms with Crippen LogP contribution in [0.25, 0.3) is 32.6 Å². The number of hydrogen-bond donors (Lipinski definition) is 1. The molecule has 2 aliphatic rings. The Morgan fingerprint density at radius 2 is 1.24 bits per heavy atom. The fourth-order valence-electron chi connectivity index (χ4n) is 9.10. The molecule has 0 radical (unpaired) electrons. The van der Waals surface area contributed by atoms with Crippen molar-refractivity contribution in [2.45, 2.75) is 11.3 Å². The van der Waals surface area contributed by atoms with E-state index in [9.17, 15) is 0 Å². The predicted octanol–water partition coefficient (Wildman–Crippen LogP) is 13.6. The van der Waals surface area contributed by atoms with Crippen molar-refractivity contribution in [3.05, 3.63) is 240 Å². The zero-order chi connectivity index (χ0) is 38.5. The lowest BCUT2D eigenvalue weighted by atomic mass is 9.64. The predicted molar refractivity (Wildman–Crippen MR) is 242 cm³/mol. The standard InChI is InChI=1S/C55H37N3/c1-4-16-41(17-5-1)54-55(43-20-6-2-7-21-43,52-51(57-54)36-35-49-48-25-12-13-26-50(48)56-53(49)52)44-22-14-19-38(27-31-44)40-28-32-46(33-29-40)58(45-23-8-3-9-24-45)47-34-30-39-15-10-11-18-42(39)37-47/h1-13,15-18,20-38,56H. The Bertz CT molecular complexity index is 3160. The molecule has 8 aromatic carbocycles. The summed E-state index contributed by atoms with van der Waals surface area (Å²) in [5.74, 6) is 7.06. The van der Waals surface area contributed by atoms with Gasteiger partial charge in [0.15, 0.2) is 0 Å². The van der Waals surface area contributed by atoms with Crippen LogP contribution in [-0.4, -0.2) is 10.7 Å². The Kier molecular flexibility index (Phi) is 8.01. The lowest BCUT2D eigenvalue weighted by Crippen LogP contribution is -2.37. The molecule has 272 valence electrons. The van der Waals surface area contributed by atoms with E-state index in [1.54, 1.807) is 0 Å². The number of aromatic nitrogens is 1. The SMILES string of the molecule is C1#CC(c2ccc(N(c3ccccc3)c3ccc4ccccc4c3)cc2)C=CC(C2(c3ccccc3)C(c3ccccc3)=Nc3ccc4c([nH]c5ccccc54)c32)=C1. The van der Waals surface area contributed by atoms with Gasteiger partial charge >= 0.3 is 0 Å². The fraction of sp³-hybridized carbons (Fsp3) is 0.0364. The normalized spacial score (nSPS) is 17.0. The molecule has 0 bridgehead atoms. The Morgan fingerprint density at radius 3 is 2.05 bits per heavy atom. The summed E-state index contributed by atoms with van der Waals surface area (Å²) < 4.78 is 0. The van der Waals surface area contributed by atoms with E-state index in [2.05, 4.69) is 234 Å². The molecule has 1 aromatic heterocycles. The highest BCUT2D eigenvalue weighted by molar-refractivity contribution is 6.22. The van der Waals surface area contributed by atoms with Gasteiger partial charge in [-0.2, -0.15) is 0 Å². The Morgan fingerprint density at radius 1 is 0.569 bits per heavy atom. The maximum atomic E-state index is 5.52. The van der Waals surface area contributed by atoms with E-state index in [0.29, 0.717) is 0 Å². The van der Waals surface area contributed by atoms with Crippen LogP contribution >= 0.6 is 0 Å². The molecule has 0 spiro atoms. The monoisotopic (exact) mass is 739 g/mol. The van der Waals surface area contributed by atoms with Crippen molar-refractivity contribution in [2.75, 3.05) is 4.90 Å². The molecule has 3 heteroatoms. The second-order valence-electron chi connectivity index (χ2n) is 15.0. The van der Waals surface area contributed by atoms with E-state index >= 15 is 0 Å². The average molecular weight is 740 g/mol. The molecular formula is C55H37N3. The lowest BCUT2D eigenvalue weighted by molar-refractivity contribution is 0.855.